The molecule has 0 aliphatic rings. The number of aliphatic hydroxyl groups is 2. The quantitative estimate of drug-likeness (QED) is 0.456. The highest BCUT2D eigenvalue weighted by Gasteiger charge is 2.12. The first-order chi connectivity index (χ1) is 10.3. The normalized spacial score (nSPS) is 12.5. The molecule has 2 N–H and O–H groups in total. The van der Waals surface area contributed by atoms with Gasteiger partial charge in [0.05, 0.1) is 19.3 Å². The average molecular weight is 293 g/mol. The fourth-order valence-corrected chi connectivity index (χ4v) is 2.16. The SMILES string of the molecule is C=CCOCC(O)CN(CCCCO)Cc1ccccc1. The van der Waals surface area contributed by atoms with Gasteiger partial charge in [0.2, 0.25) is 0 Å². The predicted molar refractivity (Wildman–Crippen MR) is 85.1 cm³/mol. The van der Waals surface area contributed by atoms with Crippen molar-refractivity contribution in [3.05, 3.63) is 48.6 Å². The van der Waals surface area contributed by atoms with Crippen LogP contribution in [0.1, 0.15) is 18.4 Å². The van der Waals surface area contributed by atoms with Crippen molar-refractivity contribution in [2.24, 2.45) is 0 Å². The summed E-state index contributed by atoms with van der Waals surface area (Å²) in [5.41, 5.74) is 1.22. The molecule has 0 fully saturated rings. The zero-order chi connectivity index (χ0) is 15.3. The lowest BCUT2D eigenvalue weighted by atomic mass is 10.2. The molecular weight excluding hydrogens is 266 g/mol. The number of unbranched alkanes of at least 4 members (excludes halogenated alkanes) is 1. The van der Waals surface area contributed by atoms with Gasteiger partial charge in [-0.25, -0.2) is 0 Å². The van der Waals surface area contributed by atoms with Crippen LogP contribution in [0.4, 0.5) is 0 Å². The van der Waals surface area contributed by atoms with Gasteiger partial charge in [0.15, 0.2) is 0 Å². The summed E-state index contributed by atoms with van der Waals surface area (Å²) in [4.78, 5) is 2.20. The van der Waals surface area contributed by atoms with E-state index in [-0.39, 0.29) is 6.61 Å². The van der Waals surface area contributed by atoms with Crippen LogP contribution in [0.3, 0.4) is 0 Å². The number of nitrogens with zero attached hydrogens (tertiary/aromatic N) is 1. The van der Waals surface area contributed by atoms with Crippen molar-refractivity contribution in [2.45, 2.75) is 25.5 Å². The summed E-state index contributed by atoms with van der Waals surface area (Å²) in [7, 11) is 0. The number of hydrogen-bond acceptors (Lipinski definition) is 4. The van der Waals surface area contributed by atoms with E-state index in [0.29, 0.717) is 19.8 Å². The molecule has 1 rings (SSSR count). The standard InChI is InChI=1S/C17H27NO3/c1-2-12-21-15-17(20)14-18(10-6-7-11-19)13-16-8-4-3-5-9-16/h2-5,8-9,17,19-20H,1,6-7,10-15H2. The third-order valence-electron chi connectivity index (χ3n) is 3.15. The molecule has 0 aromatic heterocycles. The maximum absolute atomic E-state index is 10.0. The van der Waals surface area contributed by atoms with Gasteiger partial charge in [-0.2, -0.15) is 0 Å². The molecule has 118 valence electrons. The average Bonchev–Trinajstić information content (AvgIpc) is 2.48. The molecule has 0 aliphatic heterocycles. The fraction of sp³-hybridized carbons (Fsp3) is 0.529. The Morgan fingerprint density at radius 3 is 2.67 bits per heavy atom. The molecule has 1 atom stereocenters. The molecule has 0 radical (unpaired) electrons. The van der Waals surface area contributed by atoms with E-state index in [1.54, 1.807) is 6.08 Å². The highest BCUT2D eigenvalue weighted by atomic mass is 16.5. The predicted octanol–water partition coefficient (Wildman–Crippen LogP) is 1.82. The summed E-state index contributed by atoms with van der Waals surface area (Å²) in [5.74, 6) is 0. The Kier molecular flexibility index (Phi) is 9.74. The number of hydrogen-bond donors (Lipinski definition) is 2. The van der Waals surface area contributed by atoms with Crippen molar-refractivity contribution in [3.63, 3.8) is 0 Å². The molecule has 0 amide bonds. The smallest absolute Gasteiger partial charge is 0.0900 e. The first kappa shape index (κ1) is 17.9. The minimum absolute atomic E-state index is 0.212. The fourth-order valence-electron chi connectivity index (χ4n) is 2.16. The van der Waals surface area contributed by atoms with Crippen molar-refractivity contribution in [1.82, 2.24) is 4.90 Å². The summed E-state index contributed by atoms with van der Waals surface area (Å²) in [6.45, 7) is 6.79. The Labute approximate surface area is 127 Å². The number of ether oxygens (including phenoxy) is 1. The monoisotopic (exact) mass is 293 g/mol. The van der Waals surface area contributed by atoms with Gasteiger partial charge >= 0.3 is 0 Å². The Hall–Kier alpha value is -1.20. The van der Waals surface area contributed by atoms with Gasteiger partial charge in [-0.1, -0.05) is 36.4 Å². The molecule has 0 saturated heterocycles. The summed E-state index contributed by atoms with van der Waals surface area (Å²) < 4.78 is 5.29. The van der Waals surface area contributed by atoms with Gasteiger partial charge in [0.1, 0.15) is 0 Å². The minimum atomic E-state index is -0.511. The molecule has 21 heavy (non-hydrogen) atoms. The lowest BCUT2D eigenvalue weighted by Gasteiger charge is -2.25. The van der Waals surface area contributed by atoms with Crippen molar-refractivity contribution in [3.8, 4) is 0 Å². The molecule has 1 unspecified atom stereocenters. The number of rotatable bonds is 12. The van der Waals surface area contributed by atoms with Crippen molar-refractivity contribution in [2.75, 3.05) is 32.9 Å². The lowest BCUT2D eigenvalue weighted by Crippen LogP contribution is -2.35. The number of aliphatic hydroxyl groups excluding tert-OH is 2. The lowest BCUT2D eigenvalue weighted by molar-refractivity contribution is 0.0240. The summed E-state index contributed by atoms with van der Waals surface area (Å²) in [6.07, 6.45) is 2.87. The van der Waals surface area contributed by atoms with E-state index in [9.17, 15) is 5.11 Å². The van der Waals surface area contributed by atoms with Crippen LogP contribution in [0.15, 0.2) is 43.0 Å². The van der Waals surface area contributed by atoms with Crippen LogP contribution in [0.25, 0.3) is 0 Å². The van der Waals surface area contributed by atoms with Crippen LogP contribution < -0.4 is 0 Å². The van der Waals surface area contributed by atoms with Crippen LogP contribution in [-0.4, -0.2) is 54.1 Å². The molecule has 1 aromatic carbocycles. The zero-order valence-corrected chi connectivity index (χ0v) is 12.7. The number of benzene rings is 1. The van der Waals surface area contributed by atoms with Gasteiger partial charge in [0.25, 0.3) is 0 Å². The third-order valence-corrected chi connectivity index (χ3v) is 3.15. The van der Waals surface area contributed by atoms with E-state index in [0.717, 1.165) is 25.9 Å². The second-order valence-corrected chi connectivity index (χ2v) is 5.13. The highest BCUT2D eigenvalue weighted by molar-refractivity contribution is 5.14. The second-order valence-electron chi connectivity index (χ2n) is 5.13. The van der Waals surface area contributed by atoms with Crippen molar-refractivity contribution < 1.29 is 14.9 Å². The second kappa shape index (κ2) is 11.5. The van der Waals surface area contributed by atoms with Crippen LogP contribution in [-0.2, 0) is 11.3 Å². The van der Waals surface area contributed by atoms with Crippen molar-refractivity contribution >= 4 is 0 Å². The van der Waals surface area contributed by atoms with E-state index < -0.39 is 6.10 Å². The summed E-state index contributed by atoms with van der Waals surface area (Å²) >= 11 is 0. The first-order valence-corrected chi connectivity index (χ1v) is 7.50. The molecular formula is C17H27NO3. The van der Waals surface area contributed by atoms with Gasteiger partial charge in [-0.3, -0.25) is 4.90 Å². The molecule has 0 bridgehead atoms. The summed E-state index contributed by atoms with van der Waals surface area (Å²) in [6, 6.07) is 10.2. The van der Waals surface area contributed by atoms with E-state index in [1.807, 2.05) is 18.2 Å². The van der Waals surface area contributed by atoms with Gasteiger partial charge in [-0.15, -0.1) is 6.58 Å². The Bertz CT molecular complexity index is 370. The van der Waals surface area contributed by atoms with Gasteiger partial charge in [0, 0.05) is 19.7 Å². The van der Waals surface area contributed by atoms with Gasteiger partial charge < -0.3 is 14.9 Å². The topological polar surface area (TPSA) is 52.9 Å². The maximum Gasteiger partial charge on any atom is 0.0900 e. The molecule has 0 aliphatic carbocycles. The maximum atomic E-state index is 10.0. The van der Waals surface area contributed by atoms with Crippen LogP contribution in [0, 0.1) is 0 Å². The molecule has 0 heterocycles. The van der Waals surface area contributed by atoms with Gasteiger partial charge in [-0.05, 0) is 24.9 Å². The zero-order valence-electron chi connectivity index (χ0n) is 12.7. The largest absolute Gasteiger partial charge is 0.396 e. The van der Waals surface area contributed by atoms with E-state index in [4.69, 9.17) is 9.84 Å². The Morgan fingerprint density at radius 1 is 1.24 bits per heavy atom. The Morgan fingerprint density at radius 2 is 2.00 bits per heavy atom. The molecule has 0 spiro atoms. The molecule has 1 aromatic rings. The highest BCUT2D eigenvalue weighted by Crippen LogP contribution is 2.07. The van der Waals surface area contributed by atoms with E-state index >= 15 is 0 Å². The van der Waals surface area contributed by atoms with Crippen LogP contribution in [0.2, 0.25) is 0 Å². The first-order valence-electron chi connectivity index (χ1n) is 7.50. The minimum Gasteiger partial charge on any atom is -0.396 e. The summed E-state index contributed by atoms with van der Waals surface area (Å²) in [5, 5.41) is 18.9. The van der Waals surface area contributed by atoms with Crippen LogP contribution >= 0.6 is 0 Å². The molecule has 0 saturated carbocycles. The Balaban J connectivity index is 2.45. The van der Waals surface area contributed by atoms with E-state index in [1.165, 1.54) is 5.56 Å². The third kappa shape index (κ3) is 8.63. The van der Waals surface area contributed by atoms with E-state index in [2.05, 4.69) is 23.6 Å². The molecule has 4 heteroatoms. The molecule has 4 nitrogen and oxygen atoms in total. The van der Waals surface area contributed by atoms with Crippen molar-refractivity contribution in [1.29, 1.82) is 0 Å². The van der Waals surface area contributed by atoms with Crippen LogP contribution in [0.5, 0.6) is 0 Å².